The van der Waals surface area contributed by atoms with Gasteiger partial charge in [0.05, 0.1) is 17.2 Å². The van der Waals surface area contributed by atoms with Crippen molar-refractivity contribution in [3.63, 3.8) is 0 Å². The lowest BCUT2D eigenvalue weighted by Gasteiger charge is -2.10. The summed E-state index contributed by atoms with van der Waals surface area (Å²) >= 11 is 0. The maximum absolute atomic E-state index is 12.2. The standard InChI is InChI=1S/C21H27NO4S/c1-16(2)18-6-8-19(9-7-18)26-14-13-22-21(23)12-15-27(24,25)20-10-4-17(3)5-11-20/h4-11,16H,12-15H2,1-3H3,(H,22,23). The number of carbonyl (C=O) groups excluding carboxylic acids is 1. The number of benzene rings is 2. The fourth-order valence-corrected chi connectivity index (χ4v) is 3.73. The monoisotopic (exact) mass is 389 g/mol. The fraction of sp³-hybridized carbons (Fsp3) is 0.381. The fourth-order valence-electron chi connectivity index (χ4n) is 2.49. The van der Waals surface area contributed by atoms with Crippen molar-refractivity contribution in [3.8, 4) is 5.75 Å². The molecule has 0 bridgehead atoms. The van der Waals surface area contributed by atoms with Crippen LogP contribution in [0.4, 0.5) is 0 Å². The second-order valence-electron chi connectivity index (χ2n) is 6.80. The first-order valence-electron chi connectivity index (χ1n) is 9.07. The molecule has 0 heterocycles. The van der Waals surface area contributed by atoms with Crippen LogP contribution >= 0.6 is 0 Å². The molecule has 0 fully saturated rings. The second kappa shape index (κ2) is 9.55. The number of sulfone groups is 1. The highest BCUT2D eigenvalue weighted by molar-refractivity contribution is 7.91. The van der Waals surface area contributed by atoms with Crippen LogP contribution in [0, 0.1) is 6.92 Å². The molecular weight excluding hydrogens is 362 g/mol. The minimum Gasteiger partial charge on any atom is -0.492 e. The Bertz CT molecular complexity index is 841. The first-order valence-corrected chi connectivity index (χ1v) is 10.7. The van der Waals surface area contributed by atoms with E-state index >= 15 is 0 Å². The molecule has 146 valence electrons. The number of amides is 1. The van der Waals surface area contributed by atoms with Gasteiger partial charge in [-0.3, -0.25) is 4.79 Å². The van der Waals surface area contributed by atoms with E-state index < -0.39 is 9.84 Å². The van der Waals surface area contributed by atoms with E-state index in [4.69, 9.17) is 4.74 Å². The Labute approximate surface area is 161 Å². The topological polar surface area (TPSA) is 72.5 Å². The zero-order valence-electron chi connectivity index (χ0n) is 16.1. The molecule has 0 unspecified atom stereocenters. The van der Waals surface area contributed by atoms with Crippen LogP contribution in [0.1, 0.15) is 37.3 Å². The van der Waals surface area contributed by atoms with Gasteiger partial charge in [0.25, 0.3) is 0 Å². The van der Waals surface area contributed by atoms with Crippen LogP contribution in [0.25, 0.3) is 0 Å². The summed E-state index contributed by atoms with van der Waals surface area (Å²) in [5, 5.41) is 2.69. The van der Waals surface area contributed by atoms with Gasteiger partial charge in [-0.25, -0.2) is 8.42 Å². The van der Waals surface area contributed by atoms with Gasteiger partial charge in [0, 0.05) is 6.42 Å². The Kier molecular flexibility index (Phi) is 7.42. The van der Waals surface area contributed by atoms with Gasteiger partial charge in [0.2, 0.25) is 5.91 Å². The van der Waals surface area contributed by atoms with Crippen molar-refractivity contribution in [2.45, 2.75) is 38.0 Å². The van der Waals surface area contributed by atoms with Crippen LogP contribution < -0.4 is 10.1 Å². The van der Waals surface area contributed by atoms with Gasteiger partial charge in [0.15, 0.2) is 9.84 Å². The van der Waals surface area contributed by atoms with E-state index in [2.05, 4.69) is 19.2 Å². The number of hydrogen-bond acceptors (Lipinski definition) is 4. The van der Waals surface area contributed by atoms with Gasteiger partial charge < -0.3 is 10.1 Å². The summed E-state index contributed by atoms with van der Waals surface area (Å²) in [5.41, 5.74) is 2.23. The third-order valence-electron chi connectivity index (χ3n) is 4.22. The SMILES string of the molecule is Cc1ccc(S(=O)(=O)CCC(=O)NCCOc2ccc(C(C)C)cc2)cc1. The Morgan fingerprint density at radius 3 is 2.26 bits per heavy atom. The van der Waals surface area contributed by atoms with E-state index in [0.29, 0.717) is 19.1 Å². The zero-order valence-corrected chi connectivity index (χ0v) is 16.9. The number of rotatable bonds is 9. The largest absolute Gasteiger partial charge is 0.492 e. The molecule has 0 spiro atoms. The van der Waals surface area contributed by atoms with Crippen LogP contribution in [0.5, 0.6) is 5.75 Å². The van der Waals surface area contributed by atoms with Crippen molar-refractivity contribution in [2.24, 2.45) is 0 Å². The number of carbonyl (C=O) groups is 1. The maximum atomic E-state index is 12.2. The van der Waals surface area contributed by atoms with Crippen molar-refractivity contribution in [2.75, 3.05) is 18.9 Å². The highest BCUT2D eigenvalue weighted by atomic mass is 32.2. The summed E-state index contributed by atoms with van der Waals surface area (Å²) in [5.74, 6) is 0.703. The summed E-state index contributed by atoms with van der Waals surface area (Å²) in [6.07, 6.45) is -0.0701. The van der Waals surface area contributed by atoms with Crippen molar-refractivity contribution in [3.05, 3.63) is 59.7 Å². The van der Waals surface area contributed by atoms with E-state index in [1.54, 1.807) is 24.3 Å². The summed E-state index contributed by atoms with van der Waals surface area (Å²) in [7, 11) is -3.45. The van der Waals surface area contributed by atoms with Crippen molar-refractivity contribution < 1.29 is 17.9 Å². The number of nitrogens with one attached hydrogen (secondary N) is 1. The van der Waals surface area contributed by atoms with Gasteiger partial charge in [-0.2, -0.15) is 0 Å². The van der Waals surface area contributed by atoms with Crippen LogP contribution in [-0.4, -0.2) is 33.2 Å². The average molecular weight is 390 g/mol. The Hall–Kier alpha value is -2.34. The highest BCUT2D eigenvalue weighted by Gasteiger charge is 2.16. The molecule has 0 aliphatic heterocycles. The molecular formula is C21H27NO4S. The predicted octanol–water partition coefficient (Wildman–Crippen LogP) is 3.48. The quantitative estimate of drug-likeness (QED) is 0.667. The molecule has 6 heteroatoms. The molecule has 2 aromatic rings. The Morgan fingerprint density at radius 1 is 1.04 bits per heavy atom. The molecule has 5 nitrogen and oxygen atoms in total. The number of ether oxygens (including phenoxy) is 1. The molecule has 2 rings (SSSR count). The van der Waals surface area contributed by atoms with E-state index in [1.807, 2.05) is 31.2 Å². The van der Waals surface area contributed by atoms with Gasteiger partial charge in [0.1, 0.15) is 12.4 Å². The normalized spacial score (nSPS) is 11.4. The van der Waals surface area contributed by atoms with Crippen LogP contribution in [0.3, 0.4) is 0 Å². The molecule has 0 radical (unpaired) electrons. The molecule has 0 aromatic heterocycles. The number of aryl methyl sites for hydroxylation is 1. The van der Waals surface area contributed by atoms with Crippen LogP contribution in [0.15, 0.2) is 53.4 Å². The van der Waals surface area contributed by atoms with Gasteiger partial charge in [-0.15, -0.1) is 0 Å². The smallest absolute Gasteiger partial charge is 0.221 e. The van der Waals surface area contributed by atoms with Crippen molar-refractivity contribution in [1.82, 2.24) is 5.32 Å². The molecule has 1 N–H and O–H groups in total. The molecule has 0 saturated carbocycles. The van der Waals surface area contributed by atoms with Gasteiger partial charge in [-0.1, -0.05) is 43.7 Å². The number of hydrogen-bond donors (Lipinski definition) is 1. The Balaban J connectivity index is 1.71. The molecule has 0 atom stereocenters. The summed E-state index contributed by atoms with van der Waals surface area (Å²) in [4.78, 5) is 12.1. The molecule has 27 heavy (non-hydrogen) atoms. The van der Waals surface area contributed by atoms with Crippen molar-refractivity contribution in [1.29, 1.82) is 0 Å². The average Bonchev–Trinajstić information content (AvgIpc) is 2.64. The Morgan fingerprint density at radius 2 is 1.67 bits per heavy atom. The maximum Gasteiger partial charge on any atom is 0.221 e. The highest BCUT2D eigenvalue weighted by Crippen LogP contribution is 2.18. The second-order valence-corrected chi connectivity index (χ2v) is 8.91. The third kappa shape index (κ3) is 6.71. The van der Waals surface area contributed by atoms with Crippen molar-refractivity contribution >= 4 is 15.7 Å². The lowest BCUT2D eigenvalue weighted by molar-refractivity contribution is -0.120. The van der Waals surface area contributed by atoms with E-state index in [1.165, 1.54) is 5.56 Å². The first kappa shape index (κ1) is 21.0. The predicted molar refractivity (Wildman–Crippen MR) is 107 cm³/mol. The van der Waals surface area contributed by atoms with Gasteiger partial charge >= 0.3 is 0 Å². The lowest BCUT2D eigenvalue weighted by atomic mass is 10.0. The molecule has 0 aliphatic carbocycles. The minimum atomic E-state index is -3.45. The third-order valence-corrected chi connectivity index (χ3v) is 5.95. The summed E-state index contributed by atoms with van der Waals surface area (Å²) in [6, 6.07) is 14.5. The van der Waals surface area contributed by atoms with E-state index in [0.717, 1.165) is 11.3 Å². The zero-order chi connectivity index (χ0) is 19.9. The summed E-state index contributed by atoms with van der Waals surface area (Å²) in [6.45, 7) is 6.81. The lowest BCUT2D eigenvalue weighted by Crippen LogP contribution is -2.29. The summed E-state index contributed by atoms with van der Waals surface area (Å²) < 4.78 is 30.1. The molecule has 2 aromatic carbocycles. The molecule has 0 saturated heterocycles. The molecule has 0 aliphatic rings. The molecule has 1 amide bonds. The minimum absolute atomic E-state index is 0.0701. The van der Waals surface area contributed by atoms with E-state index in [-0.39, 0.29) is 23.0 Å². The first-order chi connectivity index (χ1) is 12.8. The van der Waals surface area contributed by atoms with Crippen LogP contribution in [0.2, 0.25) is 0 Å². The van der Waals surface area contributed by atoms with E-state index in [9.17, 15) is 13.2 Å². The van der Waals surface area contributed by atoms with Gasteiger partial charge in [-0.05, 0) is 42.7 Å². The van der Waals surface area contributed by atoms with Crippen LogP contribution in [-0.2, 0) is 14.6 Å².